The Bertz CT molecular complexity index is 721. The zero-order valence-corrected chi connectivity index (χ0v) is 16.5. The van der Waals surface area contributed by atoms with Crippen LogP contribution < -0.4 is 0 Å². The summed E-state index contributed by atoms with van der Waals surface area (Å²) in [5.74, 6) is 0. The molecular weight excluding hydrogens is 390 g/mol. The van der Waals surface area contributed by atoms with Crippen LogP contribution in [0.2, 0.25) is 0 Å². The van der Waals surface area contributed by atoms with Crippen molar-refractivity contribution in [3.63, 3.8) is 0 Å². The summed E-state index contributed by atoms with van der Waals surface area (Å²) < 4.78 is 5.41. The van der Waals surface area contributed by atoms with Crippen molar-refractivity contribution in [3.05, 3.63) is 71.8 Å². The number of aliphatic hydroxyl groups is 6. The summed E-state index contributed by atoms with van der Waals surface area (Å²) in [5, 5.41) is 60.9. The molecule has 0 spiro atoms. The molecule has 7 atom stereocenters. The van der Waals surface area contributed by atoms with Crippen molar-refractivity contribution in [2.45, 2.75) is 55.9 Å². The van der Waals surface area contributed by atoms with Crippen LogP contribution in [0.15, 0.2) is 60.7 Å². The second kappa shape index (κ2) is 10.4. The largest absolute Gasteiger partial charge is 0.394 e. The molecule has 30 heavy (non-hydrogen) atoms. The van der Waals surface area contributed by atoms with E-state index in [9.17, 15) is 30.6 Å². The van der Waals surface area contributed by atoms with E-state index in [-0.39, 0.29) is 0 Å². The summed E-state index contributed by atoms with van der Waals surface area (Å²) >= 11 is 0. The summed E-state index contributed by atoms with van der Waals surface area (Å²) in [5.41, 5.74) is 1.85. The number of ether oxygens (including phenoxy) is 1. The van der Waals surface area contributed by atoms with E-state index in [1.165, 1.54) is 0 Å². The molecule has 0 aliphatic carbocycles. The van der Waals surface area contributed by atoms with E-state index in [0.717, 1.165) is 11.1 Å². The number of hydrogen-bond donors (Lipinski definition) is 6. The van der Waals surface area contributed by atoms with Crippen molar-refractivity contribution < 1.29 is 35.4 Å². The number of benzene rings is 2. The fourth-order valence-electron chi connectivity index (χ4n) is 3.85. The van der Waals surface area contributed by atoms with Crippen LogP contribution in [-0.4, -0.2) is 85.0 Å². The Morgan fingerprint density at radius 1 is 0.767 bits per heavy atom. The molecule has 1 fully saturated rings. The van der Waals surface area contributed by atoms with Gasteiger partial charge < -0.3 is 35.4 Å². The lowest BCUT2D eigenvalue weighted by atomic mass is 9.90. The molecule has 0 aromatic heterocycles. The monoisotopic (exact) mass is 419 g/mol. The molecule has 0 amide bonds. The van der Waals surface area contributed by atoms with Crippen LogP contribution in [0.25, 0.3) is 0 Å². The first-order chi connectivity index (χ1) is 14.4. The molecule has 164 valence electrons. The van der Waals surface area contributed by atoms with Gasteiger partial charge in [-0.05, 0) is 11.1 Å². The lowest BCUT2D eigenvalue weighted by Gasteiger charge is -2.46. The van der Waals surface area contributed by atoms with E-state index in [0.29, 0.717) is 13.1 Å². The normalized spacial score (nSPS) is 29.0. The van der Waals surface area contributed by atoms with Crippen LogP contribution in [-0.2, 0) is 17.8 Å². The third-order valence-corrected chi connectivity index (χ3v) is 5.42. The van der Waals surface area contributed by atoms with Crippen LogP contribution in [0.4, 0.5) is 0 Å². The molecule has 1 saturated heterocycles. The van der Waals surface area contributed by atoms with E-state index in [1.54, 1.807) is 0 Å². The molecule has 0 bridgehead atoms. The molecule has 0 unspecified atom stereocenters. The first kappa shape index (κ1) is 22.8. The third kappa shape index (κ3) is 5.23. The maximum atomic E-state index is 10.6. The summed E-state index contributed by atoms with van der Waals surface area (Å²) in [4.78, 5) is 1.82. The minimum atomic E-state index is -1.74. The van der Waals surface area contributed by atoms with Gasteiger partial charge in [-0.1, -0.05) is 60.7 Å². The Morgan fingerprint density at radius 3 is 1.73 bits per heavy atom. The summed E-state index contributed by atoms with van der Waals surface area (Å²) in [7, 11) is 0. The van der Waals surface area contributed by atoms with Crippen LogP contribution in [0.1, 0.15) is 11.1 Å². The molecule has 3 rings (SSSR count). The second-order valence-corrected chi connectivity index (χ2v) is 7.58. The summed E-state index contributed by atoms with van der Waals surface area (Å²) in [6.45, 7) is 0.0731. The van der Waals surface area contributed by atoms with Gasteiger partial charge in [0.2, 0.25) is 0 Å². The quantitative estimate of drug-likeness (QED) is 0.328. The molecular formula is C22H29NO7. The highest BCUT2D eigenvalue weighted by atomic mass is 16.6. The van der Waals surface area contributed by atoms with Crippen LogP contribution in [0, 0.1) is 0 Å². The number of nitrogens with zero attached hydrogens (tertiary/aromatic N) is 1. The van der Waals surface area contributed by atoms with Gasteiger partial charge in [-0.25, -0.2) is 0 Å². The lowest BCUT2D eigenvalue weighted by Crippen LogP contribution is -2.65. The van der Waals surface area contributed by atoms with E-state index < -0.39 is 49.5 Å². The Hall–Kier alpha value is -1.88. The number of aliphatic hydroxyl groups excluding tert-OH is 6. The van der Waals surface area contributed by atoms with E-state index in [4.69, 9.17) is 4.74 Å². The predicted octanol–water partition coefficient (Wildman–Crippen LogP) is -0.789. The predicted molar refractivity (Wildman–Crippen MR) is 108 cm³/mol. The zero-order valence-electron chi connectivity index (χ0n) is 16.5. The number of rotatable bonds is 8. The fraction of sp³-hybridized carbons (Fsp3) is 0.455. The topological polar surface area (TPSA) is 134 Å². The Labute approximate surface area is 175 Å². The molecule has 8 heteroatoms. The average Bonchev–Trinajstić information content (AvgIpc) is 2.77. The molecule has 0 radical (unpaired) electrons. The molecule has 6 N–H and O–H groups in total. The first-order valence-electron chi connectivity index (χ1n) is 9.91. The van der Waals surface area contributed by atoms with Gasteiger partial charge in [0.05, 0.1) is 18.8 Å². The molecule has 1 heterocycles. The van der Waals surface area contributed by atoms with Gasteiger partial charge in [0.25, 0.3) is 0 Å². The Balaban J connectivity index is 1.96. The molecule has 1 aliphatic heterocycles. The van der Waals surface area contributed by atoms with Gasteiger partial charge in [-0.15, -0.1) is 0 Å². The fourth-order valence-corrected chi connectivity index (χ4v) is 3.85. The Kier molecular flexibility index (Phi) is 7.93. The van der Waals surface area contributed by atoms with Gasteiger partial charge >= 0.3 is 0 Å². The molecule has 2 aromatic carbocycles. The minimum absolute atomic E-state index is 0.346. The summed E-state index contributed by atoms with van der Waals surface area (Å²) in [6.07, 6.45) is -9.26. The maximum absolute atomic E-state index is 10.6. The SMILES string of the molecule is OC[C@@H](O)[C@@H]([C@H]1O[C@H](O)[C@H](O)[C@@H](O)[C@H]1O)N(Cc1ccccc1)Cc1ccccc1. The molecule has 8 nitrogen and oxygen atoms in total. The number of hydrogen-bond acceptors (Lipinski definition) is 8. The standard InChI is InChI=1S/C22H29NO7/c24-13-16(25)17(21-19(27)18(26)20(28)22(29)30-21)23(11-14-7-3-1-4-8-14)12-15-9-5-2-6-10-15/h1-10,16-22,24-29H,11-13H2/t16-,17+,18+,19-,20-,21-,22+/m1/s1. The smallest absolute Gasteiger partial charge is 0.184 e. The van der Waals surface area contributed by atoms with E-state index in [2.05, 4.69) is 0 Å². The molecule has 1 aliphatic rings. The van der Waals surface area contributed by atoms with Crippen molar-refractivity contribution in [2.75, 3.05) is 6.61 Å². The van der Waals surface area contributed by atoms with Gasteiger partial charge in [-0.2, -0.15) is 0 Å². The minimum Gasteiger partial charge on any atom is -0.394 e. The highest BCUT2D eigenvalue weighted by Crippen LogP contribution is 2.28. The van der Waals surface area contributed by atoms with E-state index >= 15 is 0 Å². The Morgan fingerprint density at radius 2 is 1.27 bits per heavy atom. The van der Waals surface area contributed by atoms with Gasteiger partial charge in [0.1, 0.15) is 24.4 Å². The second-order valence-electron chi connectivity index (χ2n) is 7.58. The molecule has 2 aromatic rings. The van der Waals surface area contributed by atoms with Crippen LogP contribution in [0.5, 0.6) is 0 Å². The van der Waals surface area contributed by atoms with Crippen LogP contribution >= 0.6 is 0 Å². The van der Waals surface area contributed by atoms with Crippen LogP contribution in [0.3, 0.4) is 0 Å². The average molecular weight is 419 g/mol. The van der Waals surface area contributed by atoms with Crippen molar-refractivity contribution >= 4 is 0 Å². The zero-order chi connectivity index (χ0) is 21.7. The maximum Gasteiger partial charge on any atom is 0.184 e. The highest BCUT2D eigenvalue weighted by molar-refractivity contribution is 5.18. The van der Waals surface area contributed by atoms with Crippen molar-refractivity contribution in [2.24, 2.45) is 0 Å². The van der Waals surface area contributed by atoms with Crippen molar-refractivity contribution in [3.8, 4) is 0 Å². The lowest BCUT2D eigenvalue weighted by molar-refractivity contribution is -0.298. The first-order valence-corrected chi connectivity index (χ1v) is 9.91. The van der Waals surface area contributed by atoms with Gasteiger partial charge in [0, 0.05) is 13.1 Å². The van der Waals surface area contributed by atoms with Crippen molar-refractivity contribution in [1.82, 2.24) is 4.90 Å². The van der Waals surface area contributed by atoms with Gasteiger partial charge in [-0.3, -0.25) is 4.90 Å². The van der Waals surface area contributed by atoms with Crippen molar-refractivity contribution in [1.29, 1.82) is 0 Å². The highest BCUT2D eigenvalue weighted by Gasteiger charge is 2.49. The van der Waals surface area contributed by atoms with Gasteiger partial charge in [0.15, 0.2) is 6.29 Å². The summed E-state index contributed by atoms with van der Waals surface area (Å²) in [6, 6.07) is 17.9. The third-order valence-electron chi connectivity index (χ3n) is 5.42. The van der Waals surface area contributed by atoms with E-state index in [1.807, 2.05) is 65.6 Å². The molecule has 0 saturated carbocycles.